The van der Waals surface area contributed by atoms with Gasteiger partial charge >= 0.3 is 14.2 Å². The van der Waals surface area contributed by atoms with Crippen LogP contribution in [0.15, 0.2) is 121 Å². The van der Waals surface area contributed by atoms with Crippen LogP contribution in [-0.4, -0.2) is 36.6 Å². The second-order valence-electron chi connectivity index (χ2n) is 20.3. The van der Waals surface area contributed by atoms with Crippen molar-refractivity contribution in [2.75, 3.05) is 9.80 Å². The van der Waals surface area contributed by atoms with Gasteiger partial charge in [-0.2, -0.15) is 0 Å². The van der Waals surface area contributed by atoms with Crippen molar-refractivity contribution in [1.82, 2.24) is 0 Å². The van der Waals surface area contributed by atoms with E-state index < -0.39 is 36.6 Å². The molecule has 6 nitrogen and oxygen atoms in total. The molecule has 0 spiro atoms. The van der Waals surface area contributed by atoms with E-state index >= 15 is 0 Å². The lowest BCUT2D eigenvalue weighted by molar-refractivity contribution is 0.00578. The monoisotopic (exact) mass is 794 g/mol. The van der Waals surface area contributed by atoms with Crippen molar-refractivity contribution < 1.29 is 18.6 Å². The highest BCUT2D eigenvalue weighted by molar-refractivity contribution is 6.68. The molecule has 0 bridgehead atoms. The van der Waals surface area contributed by atoms with Crippen LogP contribution in [0.5, 0.6) is 0 Å². The fourth-order valence-corrected chi connectivity index (χ4v) is 9.97. The zero-order valence-corrected chi connectivity index (χ0v) is 37.2. The second-order valence-corrected chi connectivity index (χ2v) is 20.3. The van der Waals surface area contributed by atoms with Crippen molar-refractivity contribution in [3.05, 3.63) is 144 Å². The average Bonchev–Trinajstić information content (AvgIpc) is 3.56. The van der Waals surface area contributed by atoms with Crippen LogP contribution in [0, 0.1) is 0 Å². The molecule has 6 aromatic carbocycles. The summed E-state index contributed by atoms with van der Waals surface area (Å²) in [6.45, 7) is 26.3. The summed E-state index contributed by atoms with van der Waals surface area (Å²) < 4.78 is 28.0. The lowest BCUT2D eigenvalue weighted by Gasteiger charge is -2.42. The first-order chi connectivity index (χ1) is 28.2. The fourth-order valence-electron chi connectivity index (χ4n) is 9.97. The van der Waals surface area contributed by atoms with E-state index in [0.717, 1.165) is 55.8 Å². The molecule has 0 amide bonds. The highest BCUT2D eigenvalue weighted by Crippen LogP contribution is 2.54. The molecule has 60 heavy (non-hydrogen) atoms. The average molecular weight is 795 g/mol. The van der Waals surface area contributed by atoms with Crippen LogP contribution in [0.3, 0.4) is 0 Å². The van der Waals surface area contributed by atoms with Crippen molar-refractivity contribution in [2.45, 2.75) is 116 Å². The largest absolute Gasteiger partial charge is 0.495 e. The van der Waals surface area contributed by atoms with Crippen LogP contribution in [-0.2, 0) is 29.4 Å². The lowest BCUT2D eigenvalue weighted by atomic mass is 9.69. The number of hydrogen-bond donors (Lipinski definition) is 0. The molecule has 0 aromatic heterocycles. The van der Waals surface area contributed by atoms with E-state index in [1.54, 1.807) is 0 Å². The Labute approximate surface area is 357 Å². The molecule has 0 aliphatic carbocycles. The first kappa shape index (κ1) is 39.3. The minimum atomic E-state index is -0.648. The highest BCUT2D eigenvalue weighted by Gasteiger charge is 2.54. The molecule has 304 valence electrons. The topological polar surface area (TPSA) is 43.4 Å². The Hall–Kier alpha value is -4.85. The zero-order chi connectivity index (χ0) is 42.4. The maximum atomic E-state index is 7.01. The maximum absolute atomic E-state index is 7.01. The predicted molar refractivity (Wildman–Crippen MR) is 249 cm³/mol. The lowest BCUT2D eigenvalue weighted by Crippen LogP contribution is -2.41. The summed E-state index contributed by atoms with van der Waals surface area (Å²) in [6.07, 6.45) is 0. The zero-order valence-electron chi connectivity index (χ0n) is 37.2. The highest BCUT2D eigenvalue weighted by atomic mass is 16.7. The Kier molecular flexibility index (Phi) is 8.41. The Bertz CT molecular complexity index is 2420. The van der Waals surface area contributed by atoms with Crippen molar-refractivity contribution in [1.29, 1.82) is 0 Å². The molecule has 4 heterocycles. The van der Waals surface area contributed by atoms with Crippen LogP contribution >= 0.6 is 0 Å². The smallest absolute Gasteiger partial charge is 0.399 e. The number of rotatable bonds is 4. The number of nitrogens with zero attached hydrogens (tertiary/aromatic N) is 2. The molecule has 0 atom stereocenters. The molecule has 6 aromatic rings. The summed E-state index contributed by atoms with van der Waals surface area (Å²) in [7, 11) is -1.30. The van der Waals surface area contributed by atoms with Crippen molar-refractivity contribution in [3.8, 4) is 0 Å². The molecule has 10 rings (SSSR count). The Morgan fingerprint density at radius 2 is 0.600 bits per heavy atom. The van der Waals surface area contributed by atoms with Gasteiger partial charge in [0.2, 0.25) is 0 Å². The Morgan fingerprint density at radius 1 is 0.350 bits per heavy atom. The van der Waals surface area contributed by atoms with Crippen LogP contribution in [0.25, 0.3) is 10.8 Å². The quantitative estimate of drug-likeness (QED) is 0.166. The van der Waals surface area contributed by atoms with Crippen molar-refractivity contribution >= 4 is 70.1 Å². The van der Waals surface area contributed by atoms with Crippen molar-refractivity contribution in [3.63, 3.8) is 0 Å². The van der Waals surface area contributed by atoms with E-state index in [9.17, 15) is 0 Å². The number of anilines is 6. The van der Waals surface area contributed by atoms with Crippen molar-refractivity contribution in [2.24, 2.45) is 0 Å². The van der Waals surface area contributed by atoms with Gasteiger partial charge in [-0.1, -0.05) is 100 Å². The van der Waals surface area contributed by atoms with E-state index in [-0.39, 0.29) is 10.8 Å². The summed E-state index contributed by atoms with van der Waals surface area (Å²) in [5.41, 5.74) is 11.0. The van der Waals surface area contributed by atoms with Gasteiger partial charge in [-0.15, -0.1) is 0 Å². The SMILES string of the molecule is CC1(C)c2ccccc2N(c2cc(B3OC(C)(C)C(C)(C)O3)c3cc(N4c5ccccc5C(C)(C)c5ccccc54)cc(B4OC(C)(C)C(C)(C)O4)c3c2)c2ccccc21. The number of fused-ring (bicyclic) bond motifs is 5. The van der Waals surface area contributed by atoms with Gasteiger partial charge in [0, 0.05) is 22.2 Å². The summed E-state index contributed by atoms with van der Waals surface area (Å²) >= 11 is 0. The molecule has 2 saturated heterocycles. The van der Waals surface area contributed by atoms with Gasteiger partial charge in [-0.3, -0.25) is 0 Å². The first-order valence-corrected chi connectivity index (χ1v) is 21.5. The number of para-hydroxylation sites is 4. The molecule has 0 unspecified atom stereocenters. The van der Waals surface area contributed by atoms with E-state index in [1.165, 1.54) is 22.3 Å². The first-order valence-electron chi connectivity index (χ1n) is 21.5. The van der Waals surface area contributed by atoms with Gasteiger partial charge in [-0.05, 0) is 148 Å². The molecule has 2 fully saturated rings. The summed E-state index contributed by atoms with van der Waals surface area (Å²) in [5.74, 6) is 0. The van der Waals surface area contributed by atoms with E-state index in [0.29, 0.717) is 0 Å². The third-order valence-corrected chi connectivity index (χ3v) is 14.9. The fraction of sp³-hybridized carbons (Fsp3) is 0.346. The maximum Gasteiger partial charge on any atom is 0.495 e. The standard InChI is InChI=1S/C52H56B2N2O4/c1-47(2)37-21-13-17-25-43(37)55(44-26-18-14-22-38(44)47)33-29-35-36(41(31-33)53-57-49(5,6)50(7,8)58-53)30-34(32-42(35)54-59-51(9,10)52(11,12)60-54)56-45-27-19-15-23-39(45)48(3,4)40-24-16-20-28-46(40)56/h13-32H,1-12H3. The summed E-state index contributed by atoms with van der Waals surface area (Å²) in [6, 6.07) is 44.5. The minimum Gasteiger partial charge on any atom is -0.399 e. The molecule has 0 radical (unpaired) electrons. The molecule has 0 N–H and O–H groups in total. The molecule has 8 heteroatoms. The van der Waals surface area contributed by atoms with E-state index in [4.69, 9.17) is 18.6 Å². The molecule has 4 aliphatic heterocycles. The number of hydrogen-bond acceptors (Lipinski definition) is 6. The van der Waals surface area contributed by atoms with Gasteiger partial charge in [-0.25, -0.2) is 0 Å². The normalized spacial score (nSPS) is 21.1. The van der Waals surface area contributed by atoms with Gasteiger partial charge in [0.25, 0.3) is 0 Å². The second kappa shape index (κ2) is 12.8. The third-order valence-electron chi connectivity index (χ3n) is 14.9. The van der Waals surface area contributed by atoms with Gasteiger partial charge in [0.05, 0.1) is 45.2 Å². The Balaban J connectivity index is 1.30. The van der Waals surface area contributed by atoms with Crippen LogP contribution in [0.2, 0.25) is 0 Å². The summed E-state index contributed by atoms with van der Waals surface area (Å²) in [5, 5.41) is 2.05. The van der Waals surface area contributed by atoms with Crippen LogP contribution in [0.1, 0.15) is 105 Å². The molecular weight excluding hydrogens is 738 g/mol. The molecule has 0 saturated carbocycles. The van der Waals surface area contributed by atoms with Crippen LogP contribution in [0.4, 0.5) is 34.1 Å². The third kappa shape index (κ3) is 5.57. The number of benzene rings is 6. The van der Waals surface area contributed by atoms with Gasteiger partial charge in [0.15, 0.2) is 0 Å². The van der Waals surface area contributed by atoms with E-state index in [2.05, 4.69) is 214 Å². The molecule has 4 aliphatic rings. The minimum absolute atomic E-state index is 0.201. The van der Waals surface area contributed by atoms with Crippen LogP contribution < -0.4 is 20.7 Å². The van der Waals surface area contributed by atoms with Gasteiger partial charge in [0.1, 0.15) is 0 Å². The summed E-state index contributed by atoms with van der Waals surface area (Å²) in [4.78, 5) is 4.84. The predicted octanol–water partition coefficient (Wildman–Crippen LogP) is 11.7. The Morgan fingerprint density at radius 3 is 0.867 bits per heavy atom. The molecular formula is C52H56B2N2O4. The van der Waals surface area contributed by atoms with Gasteiger partial charge < -0.3 is 28.4 Å². The van der Waals surface area contributed by atoms with E-state index in [1.807, 2.05) is 0 Å².